The first-order valence-corrected chi connectivity index (χ1v) is 4.29. The van der Waals surface area contributed by atoms with Gasteiger partial charge in [0, 0.05) is 24.4 Å². The van der Waals surface area contributed by atoms with Gasteiger partial charge in [0.15, 0.2) is 0 Å². The van der Waals surface area contributed by atoms with E-state index < -0.39 is 0 Å². The van der Waals surface area contributed by atoms with Gasteiger partial charge in [-0.05, 0) is 12.0 Å². The third kappa shape index (κ3) is 2.54. The predicted octanol–water partition coefficient (Wildman–Crippen LogP) is 1.32. The zero-order valence-electron chi connectivity index (χ0n) is 7.86. The molecule has 0 radical (unpaired) electrons. The van der Waals surface area contributed by atoms with Crippen molar-refractivity contribution in [3.63, 3.8) is 0 Å². The number of hydrogen-bond donors (Lipinski definition) is 0. The fourth-order valence-corrected chi connectivity index (χ4v) is 1.14. The van der Waals surface area contributed by atoms with Crippen molar-refractivity contribution in [2.45, 2.75) is 20.4 Å². The highest BCUT2D eigenvalue weighted by Gasteiger charge is 1.99. The van der Waals surface area contributed by atoms with Gasteiger partial charge in [0.05, 0.1) is 0 Å². The number of aromatic nitrogens is 1. The molecular weight excluding hydrogens is 166 g/mol. The molecule has 0 amide bonds. The van der Waals surface area contributed by atoms with E-state index in [1.807, 2.05) is 13.8 Å². The van der Waals surface area contributed by atoms with Crippen molar-refractivity contribution >= 4 is 6.29 Å². The first-order valence-electron chi connectivity index (χ1n) is 4.29. The molecule has 0 bridgehead atoms. The summed E-state index contributed by atoms with van der Waals surface area (Å²) in [6.07, 6.45) is 2.34. The highest BCUT2D eigenvalue weighted by Crippen LogP contribution is 1.96. The van der Waals surface area contributed by atoms with Crippen molar-refractivity contribution in [1.82, 2.24) is 4.57 Å². The highest BCUT2D eigenvalue weighted by molar-refractivity contribution is 5.74. The van der Waals surface area contributed by atoms with Crippen molar-refractivity contribution in [3.05, 3.63) is 34.2 Å². The van der Waals surface area contributed by atoms with E-state index >= 15 is 0 Å². The number of aldehydes is 1. The van der Waals surface area contributed by atoms with E-state index in [1.165, 1.54) is 6.07 Å². The van der Waals surface area contributed by atoms with Gasteiger partial charge in [0.25, 0.3) is 5.56 Å². The largest absolute Gasteiger partial charge is 0.315 e. The van der Waals surface area contributed by atoms with Crippen molar-refractivity contribution in [2.24, 2.45) is 5.92 Å². The van der Waals surface area contributed by atoms with Gasteiger partial charge < -0.3 is 4.57 Å². The smallest absolute Gasteiger partial charge is 0.251 e. The molecule has 1 aromatic rings. The zero-order chi connectivity index (χ0) is 9.84. The van der Waals surface area contributed by atoms with E-state index in [-0.39, 0.29) is 5.56 Å². The lowest BCUT2D eigenvalue weighted by Gasteiger charge is -2.07. The van der Waals surface area contributed by atoms with Crippen LogP contribution in [0.2, 0.25) is 0 Å². The predicted molar refractivity (Wildman–Crippen MR) is 50.9 cm³/mol. The fraction of sp³-hybridized carbons (Fsp3) is 0.400. The maximum absolute atomic E-state index is 11.3. The molecule has 3 nitrogen and oxygen atoms in total. The van der Waals surface area contributed by atoms with Crippen LogP contribution in [0.25, 0.3) is 0 Å². The maximum atomic E-state index is 11.3. The number of hydrogen-bond acceptors (Lipinski definition) is 2. The van der Waals surface area contributed by atoms with Crippen LogP contribution < -0.4 is 5.56 Å². The first kappa shape index (κ1) is 9.71. The molecule has 0 saturated heterocycles. The van der Waals surface area contributed by atoms with Gasteiger partial charge in [-0.3, -0.25) is 9.59 Å². The van der Waals surface area contributed by atoms with E-state index in [9.17, 15) is 9.59 Å². The van der Waals surface area contributed by atoms with Crippen LogP contribution in [0.5, 0.6) is 0 Å². The number of rotatable bonds is 3. The normalized spacial score (nSPS) is 10.4. The van der Waals surface area contributed by atoms with Gasteiger partial charge in [-0.2, -0.15) is 0 Å². The van der Waals surface area contributed by atoms with Crippen molar-refractivity contribution in [3.8, 4) is 0 Å². The van der Waals surface area contributed by atoms with Gasteiger partial charge in [-0.1, -0.05) is 13.8 Å². The molecule has 0 N–H and O–H groups in total. The third-order valence-electron chi connectivity index (χ3n) is 1.72. The summed E-state index contributed by atoms with van der Waals surface area (Å²) in [4.78, 5) is 21.7. The Labute approximate surface area is 77.0 Å². The molecule has 1 heterocycles. The molecule has 1 rings (SSSR count). The number of nitrogens with zero attached hydrogens (tertiary/aromatic N) is 1. The minimum absolute atomic E-state index is 0.113. The number of carbonyl (C=O) groups excluding carboxylic acids is 1. The molecule has 0 fully saturated rings. The van der Waals surface area contributed by atoms with E-state index in [1.54, 1.807) is 16.8 Å². The monoisotopic (exact) mass is 179 g/mol. The Hall–Kier alpha value is -1.38. The molecule has 0 saturated carbocycles. The topological polar surface area (TPSA) is 39.1 Å². The van der Waals surface area contributed by atoms with Crippen LogP contribution in [-0.2, 0) is 6.54 Å². The lowest BCUT2D eigenvalue weighted by molar-refractivity contribution is 0.112. The van der Waals surface area contributed by atoms with E-state index in [0.29, 0.717) is 24.3 Å². The van der Waals surface area contributed by atoms with Crippen LogP contribution in [-0.4, -0.2) is 10.9 Å². The average molecular weight is 179 g/mol. The molecule has 0 aliphatic carbocycles. The van der Waals surface area contributed by atoms with Crippen LogP contribution >= 0.6 is 0 Å². The van der Waals surface area contributed by atoms with Gasteiger partial charge in [0.2, 0.25) is 0 Å². The highest BCUT2D eigenvalue weighted by atomic mass is 16.1. The lowest BCUT2D eigenvalue weighted by atomic mass is 10.2. The average Bonchev–Trinajstić information content (AvgIpc) is 2.08. The number of carbonyl (C=O) groups is 1. The summed E-state index contributed by atoms with van der Waals surface area (Å²) in [6.45, 7) is 4.78. The molecule has 13 heavy (non-hydrogen) atoms. The molecule has 1 aromatic heterocycles. The minimum atomic E-state index is -0.113. The van der Waals surface area contributed by atoms with Gasteiger partial charge in [0.1, 0.15) is 6.29 Å². The SMILES string of the molecule is CC(C)Cn1ccc(C=O)cc1=O. The van der Waals surface area contributed by atoms with Crippen LogP contribution in [0.15, 0.2) is 23.1 Å². The van der Waals surface area contributed by atoms with Crippen molar-refractivity contribution < 1.29 is 4.79 Å². The molecule has 0 aliphatic heterocycles. The van der Waals surface area contributed by atoms with Gasteiger partial charge in [-0.15, -0.1) is 0 Å². The molecule has 0 spiro atoms. The summed E-state index contributed by atoms with van der Waals surface area (Å²) in [6, 6.07) is 3.01. The standard InChI is InChI=1S/C10H13NO2/c1-8(2)6-11-4-3-9(7-12)5-10(11)13/h3-5,7-8H,6H2,1-2H3. The maximum Gasteiger partial charge on any atom is 0.251 e. The Morgan fingerprint density at radius 3 is 2.69 bits per heavy atom. The Morgan fingerprint density at radius 2 is 2.23 bits per heavy atom. The molecular formula is C10H13NO2. The summed E-state index contributed by atoms with van der Waals surface area (Å²) in [5.74, 6) is 0.430. The summed E-state index contributed by atoms with van der Waals surface area (Å²) in [5, 5.41) is 0. The van der Waals surface area contributed by atoms with Crippen molar-refractivity contribution in [2.75, 3.05) is 0 Å². The zero-order valence-corrected chi connectivity index (χ0v) is 7.86. The summed E-state index contributed by atoms with van der Waals surface area (Å²) >= 11 is 0. The van der Waals surface area contributed by atoms with E-state index in [0.717, 1.165) is 0 Å². The summed E-state index contributed by atoms with van der Waals surface area (Å²) in [7, 11) is 0. The summed E-state index contributed by atoms with van der Waals surface area (Å²) < 4.78 is 1.61. The second kappa shape index (κ2) is 4.03. The number of pyridine rings is 1. The Bertz CT molecular complexity index is 352. The van der Waals surface area contributed by atoms with Crippen LogP contribution in [0.4, 0.5) is 0 Å². The molecule has 3 heteroatoms. The second-order valence-electron chi connectivity index (χ2n) is 3.46. The lowest BCUT2D eigenvalue weighted by Crippen LogP contribution is -2.21. The molecule has 70 valence electrons. The van der Waals surface area contributed by atoms with Gasteiger partial charge >= 0.3 is 0 Å². The molecule has 0 unspecified atom stereocenters. The van der Waals surface area contributed by atoms with Crippen molar-refractivity contribution in [1.29, 1.82) is 0 Å². The minimum Gasteiger partial charge on any atom is -0.315 e. The first-order chi connectivity index (χ1) is 6.13. The Balaban J connectivity index is 2.99. The van der Waals surface area contributed by atoms with Crippen LogP contribution in [0.1, 0.15) is 24.2 Å². The molecule has 0 aliphatic rings. The summed E-state index contributed by atoms with van der Waals surface area (Å²) in [5.41, 5.74) is 0.323. The fourth-order valence-electron chi connectivity index (χ4n) is 1.14. The quantitative estimate of drug-likeness (QED) is 0.656. The van der Waals surface area contributed by atoms with E-state index in [4.69, 9.17) is 0 Å². The van der Waals surface area contributed by atoms with Gasteiger partial charge in [-0.25, -0.2) is 0 Å². The second-order valence-corrected chi connectivity index (χ2v) is 3.46. The Kier molecular flexibility index (Phi) is 3.01. The Morgan fingerprint density at radius 1 is 1.54 bits per heavy atom. The van der Waals surface area contributed by atoms with Crippen LogP contribution in [0, 0.1) is 5.92 Å². The van der Waals surface area contributed by atoms with E-state index in [2.05, 4.69) is 0 Å². The van der Waals surface area contributed by atoms with Crippen LogP contribution in [0.3, 0.4) is 0 Å². The third-order valence-corrected chi connectivity index (χ3v) is 1.72. The molecule has 0 atom stereocenters. The molecule has 0 aromatic carbocycles.